The van der Waals surface area contributed by atoms with E-state index >= 15 is 0 Å². The zero-order valence-corrected chi connectivity index (χ0v) is 2.76. The van der Waals surface area contributed by atoms with Gasteiger partial charge in [0.1, 0.15) is 0 Å². The molecular formula is C3H3BN. The number of hydrogen-bond acceptors (Lipinski definition) is 1. The van der Waals surface area contributed by atoms with Gasteiger partial charge in [0.15, 0.2) is 0 Å². The van der Waals surface area contributed by atoms with Crippen molar-refractivity contribution in [3.05, 3.63) is 12.3 Å². The van der Waals surface area contributed by atoms with Crippen LogP contribution in [0.1, 0.15) is 0 Å². The molecule has 0 aromatic rings. The van der Waals surface area contributed by atoms with Crippen LogP contribution in [0.3, 0.4) is 0 Å². The minimum atomic E-state index is 0. The van der Waals surface area contributed by atoms with Gasteiger partial charge in [0, 0.05) is 20.8 Å². The second kappa shape index (κ2) is 1.76. The van der Waals surface area contributed by atoms with Crippen molar-refractivity contribution in [3.63, 3.8) is 0 Å². The Balaban J connectivity index is 0.000000160. The quantitative estimate of drug-likeness (QED) is 0.357. The van der Waals surface area contributed by atoms with Gasteiger partial charge in [-0.1, -0.05) is 0 Å². The molecule has 0 saturated carbocycles. The minimum Gasteiger partial charge on any atom is -0.265 e. The topological polar surface area (TPSA) is 12.4 Å². The summed E-state index contributed by atoms with van der Waals surface area (Å²) in [6.45, 7) is 0. The fourth-order valence-corrected chi connectivity index (χ4v) is 0.0861. The lowest BCUT2D eigenvalue weighted by Crippen LogP contribution is -1.67. The predicted molar refractivity (Wildman–Crippen MR) is 23.4 cm³/mol. The van der Waals surface area contributed by atoms with Gasteiger partial charge in [-0.05, 0) is 6.08 Å². The first-order valence-electron chi connectivity index (χ1n) is 1.18. The van der Waals surface area contributed by atoms with Crippen molar-refractivity contribution in [1.29, 1.82) is 0 Å². The molecule has 0 aliphatic carbocycles. The summed E-state index contributed by atoms with van der Waals surface area (Å²) >= 11 is 0. The normalized spacial score (nSPS) is 12.8. The van der Waals surface area contributed by atoms with E-state index in [9.17, 15) is 0 Å². The van der Waals surface area contributed by atoms with Gasteiger partial charge >= 0.3 is 0 Å². The maximum absolute atomic E-state index is 3.61. The Kier molecular flexibility index (Phi) is 1.58. The smallest absolute Gasteiger partial charge is 0.0283 e. The van der Waals surface area contributed by atoms with Crippen molar-refractivity contribution in [2.45, 2.75) is 0 Å². The number of aliphatic imine (C=N–C) groups is 1. The van der Waals surface area contributed by atoms with Crippen LogP contribution in [0.15, 0.2) is 17.3 Å². The molecule has 0 spiro atoms. The summed E-state index contributed by atoms with van der Waals surface area (Å²) in [5.41, 5.74) is 0. The molecule has 1 aliphatic rings. The van der Waals surface area contributed by atoms with Gasteiger partial charge in [-0.25, -0.2) is 0 Å². The fraction of sp³-hybridized carbons (Fsp3) is 0. The molecule has 0 N–H and O–H groups in total. The molecule has 3 radical (unpaired) electrons. The first-order valence-corrected chi connectivity index (χ1v) is 1.18. The van der Waals surface area contributed by atoms with Gasteiger partial charge in [0.05, 0.1) is 0 Å². The lowest BCUT2D eigenvalue weighted by atomic mass is 10.6. The summed E-state index contributed by atoms with van der Waals surface area (Å²) in [4.78, 5) is 3.61. The Morgan fingerprint density at radius 1 is 1.40 bits per heavy atom. The van der Waals surface area contributed by atoms with Crippen molar-refractivity contribution in [1.82, 2.24) is 0 Å². The van der Waals surface area contributed by atoms with Gasteiger partial charge in [-0.2, -0.15) is 0 Å². The van der Waals surface area contributed by atoms with E-state index in [0.717, 1.165) is 0 Å². The summed E-state index contributed by atoms with van der Waals surface area (Å²) in [5, 5.41) is 0. The molecule has 0 aromatic heterocycles. The first kappa shape index (κ1) is 4.47. The average Bonchev–Trinajstić information content (AvgIpc) is 0.722. The lowest BCUT2D eigenvalue weighted by molar-refractivity contribution is 1.55. The van der Waals surface area contributed by atoms with Crippen LogP contribution in [0.2, 0.25) is 0 Å². The highest BCUT2D eigenvalue weighted by atomic mass is 14.7. The zero-order valence-electron chi connectivity index (χ0n) is 2.76. The van der Waals surface area contributed by atoms with E-state index in [2.05, 4.69) is 4.99 Å². The molecule has 5 heavy (non-hydrogen) atoms. The Morgan fingerprint density at radius 2 is 1.60 bits per heavy atom. The van der Waals surface area contributed by atoms with E-state index in [1.165, 1.54) is 0 Å². The molecular weight excluding hydrogens is 60.9 g/mol. The summed E-state index contributed by atoms with van der Waals surface area (Å²) in [7, 11) is 0. The van der Waals surface area contributed by atoms with Crippen LogP contribution in [-0.2, 0) is 0 Å². The average molecular weight is 63.9 g/mol. The molecule has 0 bridgehead atoms. The SMILES string of the molecule is C1=CN=C1.[B]. The van der Waals surface area contributed by atoms with E-state index in [1.54, 1.807) is 12.4 Å². The van der Waals surface area contributed by atoms with Gasteiger partial charge in [0.25, 0.3) is 0 Å². The van der Waals surface area contributed by atoms with E-state index in [-0.39, 0.29) is 8.41 Å². The standard InChI is InChI=1S/C3H3N.B/c1-2-4-3-1;/h1-3H;. The Bertz CT molecular complexity index is 47.3. The molecule has 0 atom stereocenters. The molecule has 0 amide bonds. The zero-order chi connectivity index (χ0) is 2.83. The first-order chi connectivity index (χ1) is 2.00. The summed E-state index contributed by atoms with van der Waals surface area (Å²) in [5.74, 6) is 0. The Hall–Kier alpha value is -0.525. The van der Waals surface area contributed by atoms with Gasteiger partial charge in [0.2, 0.25) is 0 Å². The van der Waals surface area contributed by atoms with E-state index in [0.29, 0.717) is 0 Å². The van der Waals surface area contributed by atoms with Crippen LogP contribution in [-0.4, -0.2) is 14.6 Å². The van der Waals surface area contributed by atoms with Gasteiger partial charge < -0.3 is 0 Å². The molecule has 0 unspecified atom stereocenters. The summed E-state index contributed by atoms with van der Waals surface area (Å²) in [6, 6.07) is 0. The van der Waals surface area contributed by atoms with Gasteiger partial charge in [-0.3, -0.25) is 4.99 Å². The van der Waals surface area contributed by atoms with Crippen molar-refractivity contribution in [2.75, 3.05) is 0 Å². The van der Waals surface area contributed by atoms with Gasteiger partial charge in [-0.15, -0.1) is 0 Å². The van der Waals surface area contributed by atoms with Crippen molar-refractivity contribution in [3.8, 4) is 0 Å². The minimum absolute atomic E-state index is 0. The van der Waals surface area contributed by atoms with Crippen molar-refractivity contribution < 1.29 is 0 Å². The third-order valence-corrected chi connectivity index (χ3v) is 0.344. The molecule has 1 aliphatic heterocycles. The highest BCUT2D eigenvalue weighted by Gasteiger charge is 1.66. The Labute approximate surface area is 33.0 Å². The van der Waals surface area contributed by atoms with Crippen LogP contribution in [0.4, 0.5) is 0 Å². The monoisotopic (exact) mass is 64.0 g/mol. The summed E-state index contributed by atoms with van der Waals surface area (Å²) in [6.07, 6.45) is 5.39. The lowest BCUT2D eigenvalue weighted by Gasteiger charge is -1.77. The van der Waals surface area contributed by atoms with E-state index in [1.807, 2.05) is 6.08 Å². The van der Waals surface area contributed by atoms with Crippen molar-refractivity contribution >= 4 is 14.6 Å². The second-order valence-electron chi connectivity index (χ2n) is 0.640. The number of nitrogens with zero attached hydrogens (tertiary/aromatic N) is 1. The highest BCUT2D eigenvalue weighted by molar-refractivity contribution is 5.76. The third-order valence-electron chi connectivity index (χ3n) is 0.344. The highest BCUT2D eigenvalue weighted by Crippen LogP contribution is 1.78. The Morgan fingerprint density at radius 3 is 1.60 bits per heavy atom. The summed E-state index contributed by atoms with van der Waals surface area (Å²) < 4.78 is 0. The van der Waals surface area contributed by atoms with E-state index < -0.39 is 0 Å². The maximum Gasteiger partial charge on any atom is 0.0283 e. The second-order valence-corrected chi connectivity index (χ2v) is 0.640. The fourth-order valence-electron chi connectivity index (χ4n) is 0.0861. The van der Waals surface area contributed by atoms with Crippen LogP contribution >= 0.6 is 0 Å². The molecule has 1 rings (SSSR count). The molecule has 1 nitrogen and oxygen atoms in total. The van der Waals surface area contributed by atoms with Crippen LogP contribution in [0, 0.1) is 0 Å². The molecule has 2 heteroatoms. The van der Waals surface area contributed by atoms with Crippen molar-refractivity contribution in [2.24, 2.45) is 4.99 Å². The molecule has 1 heterocycles. The molecule has 0 fully saturated rings. The predicted octanol–water partition coefficient (Wildman–Crippen LogP) is 0.204. The van der Waals surface area contributed by atoms with Crippen LogP contribution in [0.25, 0.3) is 0 Å². The molecule has 0 aromatic carbocycles. The third kappa shape index (κ3) is 0.626. The number of hydrogen-bond donors (Lipinski definition) is 0. The largest absolute Gasteiger partial charge is 0.265 e. The number of allylic oxidation sites excluding steroid dienone is 1. The molecule has 0 saturated heterocycles. The van der Waals surface area contributed by atoms with E-state index in [4.69, 9.17) is 0 Å². The molecule has 23 valence electrons. The maximum atomic E-state index is 3.61. The number of rotatable bonds is 0. The van der Waals surface area contributed by atoms with Crippen LogP contribution in [0.5, 0.6) is 0 Å². The van der Waals surface area contributed by atoms with Crippen LogP contribution < -0.4 is 0 Å².